The lowest BCUT2D eigenvalue weighted by Crippen LogP contribution is -2.15. The Morgan fingerprint density at radius 2 is 1.71 bits per heavy atom. The van der Waals surface area contributed by atoms with Gasteiger partial charge in [-0.3, -0.25) is 4.72 Å². The lowest BCUT2D eigenvalue weighted by molar-refractivity contribution is -0.145. The standard InChI is InChI=1S/C22H18BrCl2NO7S2/c1-3-32-16(27)11-33-18-17(23)19(34-20(18)22(28)31-2)12-7-9-13(10-8-12)26-35(29,30)21-14(24)5-4-6-15(21)25/h4-10,26H,3,11H2,1-2H3. The van der Waals surface area contributed by atoms with Crippen LogP contribution in [0.25, 0.3) is 10.4 Å². The van der Waals surface area contributed by atoms with E-state index in [0.29, 0.717) is 14.9 Å². The summed E-state index contributed by atoms with van der Waals surface area (Å²) in [5.41, 5.74) is 0.918. The van der Waals surface area contributed by atoms with E-state index >= 15 is 0 Å². The molecule has 1 N–H and O–H groups in total. The van der Waals surface area contributed by atoms with Crippen molar-refractivity contribution in [1.29, 1.82) is 0 Å². The van der Waals surface area contributed by atoms with Crippen LogP contribution in [0, 0.1) is 0 Å². The number of esters is 2. The number of halogens is 3. The van der Waals surface area contributed by atoms with E-state index in [4.69, 9.17) is 37.4 Å². The van der Waals surface area contributed by atoms with Crippen LogP contribution in [0.15, 0.2) is 51.8 Å². The molecule has 3 aromatic rings. The SMILES string of the molecule is CCOC(=O)COc1c(C(=O)OC)sc(-c2ccc(NS(=O)(=O)c3c(Cl)cccc3Cl)cc2)c1Br. The number of ether oxygens (including phenoxy) is 3. The van der Waals surface area contributed by atoms with Gasteiger partial charge in [-0.2, -0.15) is 0 Å². The lowest BCUT2D eigenvalue weighted by Gasteiger charge is -2.11. The molecule has 0 aliphatic heterocycles. The number of thiophene rings is 1. The quantitative estimate of drug-likeness (QED) is 0.291. The van der Waals surface area contributed by atoms with Crippen molar-refractivity contribution in [2.24, 2.45) is 0 Å². The van der Waals surface area contributed by atoms with Gasteiger partial charge in [0, 0.05) is 5.69 Å². The zero-order valence-electron chi connectivity index (χ0n) is 18.3. The normalized spacial score (nSPS) is 11.1. The summed E-state index contributed by atoms with van der Waals surface area (Å²) in [5, 5.41) is -0.00959. The van der Waals surface area contributed by atoms with Gasteiger partial charge in [0.15, 0.2) is 17.2 Å². The van der Waals surface area contributed by atoms with E-state index in [9.17, 15) is 18.0 Å². The predicted octanol–water partition coefficient (Wildman–Crippen LogP) is 6.01. The summed E-state index contributed by atoms with van der Waals surface area (Å²) in [7, 11) is -2.81. The Balaban J connectivity index is 1.90. The van der Waals surface area contributed by atoms with Crippen LogP contribution in [0.1, 0.15) is 16.6 Å². The zero-order valence-corrected chi connectivity index (χ0v) is 23.0. The smallest absolute Gasteiger partial charge is 0.351 e. The van der Waals surface area contributed by atoms with Gasteiger partial charge < -0.3 is 14.2 Å². The first-order chi connectivity index (χ1) is 16.6. The van der Waals surface area contributed by atoms with Gasteiger partial charge in [-0.25, -0.2) is 18.0 Å². The highest BCUT2D eigenvalue weighted by Gasteiger charge is 2.26. The summed E-state index contributed by atoms with van der Waals surface area (Å²) < 4.78 is 43.7. The molecule has 0 aliphatic rings. The highest BCUT2D eigenvalue weighted by molar-refractivity contribution is 9.10. The van der Waals surface area contributed by atoms with Crippen molar-refractivity contribution in [2.75, 3.05) is 25.0 Å². The van der Waals surface area contributed by atoms with Crippen LogP contribution in [0.3, 0.4) is 0 Å². The molecule has 0 unspecified atom stereocenters. The Labute approximate surface area is 224 Å². The number of hydrogen-bond acceptors (Lipinski definition) is 8. The number of carbonyl (C=O) groups excluding carboxylic acids is 2. The average Bonchev–Trinajstić information content (AvgIpc) is 3.13. The Hall–Kier alpha value is -2.31. The number of hydrogen-bond donors (Lipinski definition) is 1. The molecule has 1 heterocycles. The van der Waals surface area contributed by atoms with E-state index in [2.05, 4.69) is 20.7 Å². The molecule has 0 amide bonds. The molecule has 0 spiro atoms. The van der Waals surface area contributed by atoms with E-state index in [1.54, 1.807) is 37.3 Å². The topological polar surface area (TPSA) is 108 Å². The lowest BCUT2D eigenvalue weighted by atomic mass is 10.2. The van der Waals surface area contributed by atoms with Gasteiger partial charge in [-0.1, -0.05) is 41.4 Å². The second-order valence-electron chi connectivity index (χ2n) is 6.72. The van der Waals surface area contributed by atoms with Crippen molar-refractivity contribution in [3.05, 3.63) is 61.9 Å². The van der Waals surface area contributed by atoms with Crippen LogP contribution < -0.4 is 9.46 Å². The first-order valence-electron chi connectivity index (χ1n) is 9.85. The van der Waals surface area contributed by atoms with Crippen LogP contribution in [-0.2, 0) is 24.3 Å². The fraction of sp³-hybridized carbons (Fsp3) is 0.182. The number of sulfonamides is 1. The Kier molecular flexibility index (Phi) is 9.05. The van der Waals surface area contributed by atoms with Gasteiger partial charge in [0.1, 0.15) is 4.90 Å². The zero-order chi connectivity index (χ0) is 25.8. The third-order valence-corrected chi connectivity index (χ3v) is 8.96. The average molecular weight is 623 g/mol. The van der Waals surface area contributed by atoms with Crippen molar-refractivity contribution < 1.29 is 32.2 Å². The number of anilines is 1. The molecule has 0 saturated carbocycles. The maximum Gasteiger partial charge on any atom is 0.351 e. The Bertz CT molecular complexity index is 1340. The van der Waals surface area contributed by atoms with E-state index in [-0.39, 0.29) is 37.9 Å². The summed E-state index contributed by atoms with van der Waals surface area (Å²) in [4.78, 5) is 24.5. The van der Waals surface area contributed by atoms with E-state index in [1.807, 2.05) is 0 Å². The summed E-state index contributed by atoms with van der Waals surface area (Å²) >= 11 is 16.6. The van der Waals surface area contributed by atoms with E-state index < -0.39 is 28.6 Å². The third-order valence-electron chi connectivity index (χ3n) is 4.41. The number of methoxy groups -OCH3 is 1. The molecule has 13 heteroatoms. The summed E-state index contributed by atoms with van der Waals surface area (Å²) in [6, 6.07) is 10.8. The molecule has 0 bridgehead atoms. The molecule has 186 valence electrons. The molecule has 0 radical (unpaired) electrons. The number of carbonyl (C=O) groups is 2. The van der Waals surface area contributed by atoms with Crippen molar-refractivity contribution >= 4 is 78.1 Å². The number of rotatable bonds is 9. The molecule has 2 aromatic carbocycles. The monoisotopic (exact) mass is 621 g/mol. The molecule has 0 atom stereocenters. The number of nitrogens with one attached hydrogen (secondary N) is 1. The minimum absolute atomic E-state index is 0.00479. The van der Waals surface area contributed by atoms with Crippen LogP contribution in [0.5, 0.6) is 5.75 Å². The summed E-state index contributed by atoms with van der Waals surface area (Å²) in [6.45, 7) is 1.47. The Morgan fingerprint density at radius 3 is 2.29 bits per heavy atom. The Morgan fingerprint density at radius 1 is 1.09 bits per heavy atom. The van der Waals surface area contributed by atoms with Crippen molar-refractivity contribution in [3.8, 4) is 16.2 Å². The first kappa shape index (κ1) is 27.3. The highest BCUT2D eigenvalue weighted by Crippen LogP contribution is 2.46. The maximum absolute atomic E-state index is 12.8. The van der Waals surface area contributed by atoms with Crippen LogP contribution in [-0.4, -0.2) is 40.7 Å². The largest absolute Gasteiger partial charge is 0.479 e. The van der Waals surface area contributed by atoms with E-state index in [0.717, 1.165) is 11.3 Å². The first-order valence-corrected chi connectivity index (χ1v) is 13.7. The van der Waals surface area contributed by atoms with Gasteiger partial charge in [0.25, 0.3) is 10.0 Å². The van der Waals surface area contributed by atoms with Gasteiger partial charge in [-0.15, -0.1) is 11.3 Å². The highest BCUT2D eigenvalue weighted by atomic mass is 79.9. The second-order valence-corrected chi connectivity index (χ2v) is 11.0. The fourth-order valence-corrected chi connectivity index (χ4v) is 7.09. The van der Waals surface area contributed by atoms with Gasteiger partial charge in [0.05, 0.1) is 33.1 Å². The summed E-state index contributed by atoms with van der Waals surface area (Å²) in [5.74, 6) is -1.08. The third kappa shape index (κ3) is 6.28. The minimum Gasteiger partial charge on any atom is -0.479 e. The van der Waals surface area contributed by atoms with E-state index in [1.165, 1.54) is 19.2 Å². The summed E-state index contributed by atoms with van der Waals surface area (Å²) in [6.07, 6.45) is 0. The predicted molar refractivity (Wildman–Crippen MR) is 138 cm³/mol. The minimum atomic E-state index is -4.04. The van der Waals surface area contributed by atoms with Crippen LogP contribution in [0.2, 0.25) is 10.0 Å². The molecule has 35 heavy (non-hydrogen) atoms. The van der Waals surface area contributed by atoms with Crippen molar-refractivity contribution in [3.63, 3.8) is 0 Å². The molecular weight excluding hydrogens is 605 g/mol. The molecule has 0 saturated heterocycles. The van der Waals surface area contributed by atoms with Gasteiger partial charge in [0.2, 0.25) is 0 Å². The molecule has 8 nitrogen and oxygen atoms in total. The van der Waals surface area contributed by atoms with Gasteiger partial charge >= 0.3 is 11.9 Å². The maximum atomic E-state index is 12.8. The van der Waals surface area contributed by atoms with Gasteiger partial charge in [-0.05, 0) is 52.7 Å². The molecule has 1 aromatic heterocycles. The molecular formula is C22H18BrCl2NO7S2. The molecule has 0 aliphatic carbocycles. The van der Waals surface area contributed by atoms with Crippen LogP contribution >= 0.6 is 50.5 Å². The fourth-order valence-electron chi connectivity index (χ4n) is 2.91. The molecule has 0 fully saturated rings. The molecule has 3 rings (SSSR count). The van der Waals surface area contributed by atoms with Crippen LogP contribution in [0.4, 0.5) is 5.69 Å². The van der Waals surface area contributed by atoms with Crippen molar-refractivity contribution in [2.45, 2.75) is 11.8 Å². The van der Waals surface area contributed by atoms with Crippen molar-refractivity contribution in [1.82, 2.24) is 0 Å². The number of benzene rings is 2. The second kappa shape index (κ2) is 11.6.